The summed E-state index contributed by atoms with van der Waals surface area (Å²) < 4.78 is 0. The second-order valence-corrected chi connectivity index (χ2v) is 8.23. The average Bonchev–Trinajstić information content (AvgIpc) is 2.64. The van der Waals surface area contributed by atoms with E-state index in [0.29, 0.717) is 0 Å². The van der Waals surface area contributed by atoms with Crippen molar-refractivity contribution in [2.75, 3.05) is 18.0 Å². The molecule has 1 saturated heterocycles. The zero-order chi connectivity index (χ0) is 19.6. The Balaban J connectivity index is 1.68. The minimum Gasteiger partial charge on any atom is -0.371 e. The van der Waals surface area contributed by atoms with Gasteiger partial charge in [-0.15, -0.1) is 0 Å². The molecule has 0 spiro atoms. The van der Waals surface area contributed by atoms with Gasteiger partial charge in [0, 0.05) is 24.3 Å². The van der Waals surface area contributed by atoms with Crippen LogP contribution in [0.5, 0.6) is 0 Å². The molecule has 1 aliphatic rings. The lowest BCUT2D eigenvalue weighted by Gasteiger charge is -2.33. The second kappa shape index (κ2) is 8.16. The Morgan fingerprint density at radius 2 is 1.74 bits per heavy atom. The van der Waals surface area contributed by atoms with Crippen molar-refractivity contribution in [1.29, 1.82) is 0 Å². The molecule has 2 aromatic rings. The zero-order valence-corrected chi connectivity index (χ0v) is 17.3. The summed E-state index contributed by atoms with van der Waals surface area (Å²) >= 11 is 0. The monoisotopic (exact) mass is 364 g/mol. The van der Waals surface area contributed by atoms with E-state index in [0.717, 1.165) is 41.3 Å². The lowest BCUT2D eigenvalue weighted by Crippen LogP contribution is -2.34. The van der Waals surface area contributed by atoms with Crippen molar-refractivity contribution in [2.24, 2.45) is 5.92 Å². The van der Waals surface area contributed by atoms with Crippen LogP contribution in [0.15, 0.2) is 36.4 Å². The number of rotatable bonds is 4. The van der Waals surface area contributed by atoms with Crippen LogP contribution in [-0.2, 0) is 0 Å². The molecule has 0 bridgehead atoms. The Morgan fingerprint density at radius 3 is 2.41 bits per heavy atom. The quantitative estimate of drug-likeness (QED) is 0.794. The number of nitrogens with one attached hydrogen (secondary N) is 1. The van der Waals surface area contributed by atoms with Crippen molar-refractivity contribution in [3.05, 3.63) is 64.2 Å². The number of amides is 1. The molecule has 1 N–H and O–H groups in total. The maximum absolute atomic E-state index is 12.7. The Bertz CT molecular complexity index is 810. The van der Waals surface area contributed by atoms with Crippen LogP contribution in [0.1, 0.15) is 65.3 Å². The summed E-state index contributed by atoms with van der Waals surface area (Å²) in [6.07, 6.45) is 2.60. The maximum Gasteiger partial charge on any atom is 0.252 e. The minimum absolute atomic E-state index is 0.00275. The Labute approximate surface area is 163 Å². The second-order valence-electron chi connectivity index (χ2n) is 8.23. The fraction of sp³-hybridized carbons (Fsp3) is 0.458. The molecule has 1 aliphatic heterocycles. The van der Waals surface area contributed by atoms with E-state index < -0.39 is 0 Å². The summed E-state index contributed by atoms with van der Waals surface area (Å²) in [5.74, 6) is 0.759. The minimum atomic E-state index is -0.0205. The molecular formula is C24H32N2O. The van der Waals surface area contributed by atoms with Gasteiger partial charge < -0.3 is 10.2 Å². The van der Waals surface area contributed by atoms with Crippen molar-refractivity contribution in [2.45, 2.75) is 53.5 Å². The average molecular weight is 365 g/mol. The zero-order valence-electron chi connectivity index (χ0n) is 17.3. The molecule has 0 aromatic heterocycles. The van der Waals surface area contributed by atoms with Gasteiger partial charge in [0.2, 0.25) is 0 Å². The third kappa shape index (κ3) is 4.52. The molecule has 2 aromatic carbocycles. The van der Waals surface area contributed by atoms with Gasteiger partial charge in [0.1, 0.15) is 0 Å². The van der Waals surface area contributed by atoms with E-state index in [-0.39, 0.29) is 11.9 Å². The smallest absolute Gasteiger partial charge is 0.252 e. The SMILES string of the molecule is Cc1cc(C)c(C(=O)NC(C)c2ccc(N3CCCC(C)C3)cc2)cc1C. The predicted molar refractivity (Wildman–Crippen MR) is 114 cm³/mol. The van der Waals surface area contributed by atoms with Crippen molar-refractivity contribution in [1.82, 2.24) is 5.32 Å². The standard InChI is InChI=1S/C24H32N2O/c1-16-7-6-12-26(15-16)22-10-8-21(9-11-22)20(5)25-24(27)23-14-18(3)17(2)13-19(23)4/h8-11,13-14,16,20H,6-7,12,15H2,1-5H3,(H,25,27). The molecule has 1 fully saturated rings. The van der Waals surface area contributed by atoms with Gasteiger partial charge in [-0.2, -0.15) is 0 Å². The number of hydrogen-bond donors (Lipinski definition) is 1. The van der Waals surface area contributed by atoms with E-state index in [1.807, 2.05) is 19.9 Å². The maximum atomic E-state index is 12.7. The van der Waals surface area contributed by atoms with Gasteiger partial charge in [0.15, 0.2) is 0 Å². The summed E-state index contributed by atoms with van der Waals surface area (Å²) in [5, 5.41) is 3.15. The normalized spacial score (nSPS) is 18.3. The summed E-state index contributed by atoms with van der Waals surface area (Å²) in [7, 11) is 0. The molecular weight excluding hydrogens is 332 g/mol. The number of hydrogen-bond acceptors (Lipinski definition) is 2. The van der Waals surface area contributed by atoms with Crippen LogP contribution >= 0.6 is 0 Å². The van der Waals surface area contributed by atoms with Gasteiger partial charge in [0.25, 0.3) is 5.91 Å². The van der Waals surface area contributed by atoms with Gasteiger partial charge in [-0.1, -0.05) is 25.1 Å². The van der Waals surface area contributed by atoms with Gasteiger partial charge in [0.05, 0.1) is 6.04 Å². The van der Waals surface area contributed by atoms with Crippen molar-refractivity contribution in [3.8, 4) is 0 Å². The number of nitrogens with zero attached hydrogens (tertiary/aromatic N) is 1. The summed E-state index contributed by atoms with van der Waals surface area (Å²) in [5.41, 5.74) is 6.59. The molecule has 27 heavy (non-hydrogen) atoms. The Hall–Kier alpha value is -2.29. The van der Waals surface area contributed by atoms with Gasteiger partial charge >= 0.3 is 0 Å². The van der Waals surface area contributed by atoms with E-state index in [1.54, 1.807) is 0 Å². The highest BCUT2D eigenvalue weighted by Gasteiger charge is 2.18. The summed E-state index contributed by atoms with van der Waals surface area (Å²) in [6, 6.07) is 12.7. The third-order valence-corrected chi connectivity index (χ3v) is 5.85. The highest BCUT2D eigenvalue weighted by Crippen LogP contribution is 2.25. The Kier molecular flexibility index (Phi) is 5.88. The van der Waals surface area contributed by atoms with Gasteiger partial charge in [-0.05, 0) is 86.9 Å². The third-order valence-electron chi connectivity index (χ3n) is 5.85. The number of anilines is 1. The highest BCUT2D eigenvalue weighted by molar-refractivity contribution is 5.96. The molecule has 0 radical (unpaired) electrons. The molecule has 144 valence electrons. The van der Waals surface area contributed by atoms with Crippen LogP contribution in [-0.4, -0.2) is 19.0 Å². The van der Waals surface area contributed by atoms with Crippen LogP contribution in [0.2, 0.25) is 0 Å². The Morgan fingerprint density at radius 1 is 1.07 bits per heavy atom. The predicted octanol–water partition coefficient (Wildman–Crippen LogP) is 5.34. The van der Waals surface area contributed by atoms with Gasteiger partial charge in [-0.25, -0.2) is 0 Å². The molecule has 3 nitrogen and oxygen atoms in total. The number of piperidine rings is 1. The largest absolute Gasteiger partial charge is 0.371 e. The molecule has 1 heterocycles. The van der Waals surface area contributed by atoms with E-state index in [2.05, 4.69) is 61.3 Å². The molecule has 0 saturated carbocycles. The van der Waals surface area contributed by atoms with Crippen molar-refractivity contribution in [3.63, 3.8) is 0 Å². The fourth-order valence-corrected chi connectivity index (χ4v) is 3.96. The van der Waals surface area contributed by atoms with Crippen LogP contribution < -0.4 is 10.2 Å². The number of carbonyl (C=O) groups is 1. The first-order valence-electron chi connectivity index (χ1n) is 10.1. The molecule has 3 rings (SSSR count). The number of carbonyl (C=O) groups excluding carboxylic acids is 1. The van der Waals surface area contributed by atoms with E-state index in [1.165, 1.54) is 24.1 Å². The van der Waals surface area contributed by atoms with Crippen LogP contribution in [0.4, 0.5) is 5.69 Å². The van der Waals surface area contributed by atoms with E-state index in [4.69, 9.17) is 0 Å². The first-order valence-corrected chi connectivity index (χ1v) is 10.1. The molecule has 2 atom stereocenters. The van der Waals surface area contributed by atoms with Crippen LogP contribution in [0, 0.1) is 26.7 Å². The van der Waals surface area contributed by atoms with Crippen molar-refractivity contribution >= 4 is 11.6 Å². The highest BCUT2D eigenvalue weighted by atomic mass is 16.1. The lowest BCUT2D eigenvalue weighted by molar-refractivity contribution is 0.0939. The molecule has 0 aliphatic carbocycles. The molecule has 2 unspecified atom stereocenters. The van der Waals surface area contributed by atoms with Crippen LogP contribution in [0.3, 0.4) is 0 Å². The summed E-state index contributed by atoms with van der Waals surface area (Å²) in [6.45, 7) is 12.8. The van der Waals surface area contributed by atoms with E-state index >= 15 is 0 Å². The molecule has 1 amide bonds. The number of benzene rings is 2. The van der Waals surface area contributed by atoms with Gasteiger partial charge in [-0.3, -0.25) is 4.79 Å². The first-order chi connectivity index (χ1) is 12.8. The fourth-order valence-electron chi connectivity index (χ4n) is 3.96. The topological polar surface area (TPSA) is 32.3 Å². The van der Waals surface area contributed by atoms with Crippen molar-refractivity contribution < 1.29 is 4.79 Å². The number of aryl methyl sites for hydroxylation is 3. The molecule has 3 heteroatoms. The van der Waals surface area contributed by atoms with Crippen LogP contribution in [0.25, 0.3) is 0 Å². The first kappa shape index (κ1) is 19.5. The van der Waals surface area contributed by atoms with E-state index in [9.17, 15) is 4.79 Å². The summed E-state index contributed by atoms with van der Waals surface area (Å²) in [4.78, 5) is 15.2. The lowest BCUT2D eigenvalue weighted by atomic mass is 9.99.